The van der Waals surface area contributed by atoms with E-state index in [0.29, 0.717) is 47.8 Å². The van der Waals surface area contributed by atoms with Gasteiger partial charge in [-0.2, -0.15) is 0 Å². The van der Waals surface area contributed by atoms with Crippen LogP contribution in [0.15, 0.2) is 71.0 Å². The number of aliphatic hydroxyl groups excluding tert-OH is 1. The lowest BCUT2D eigenvalue weighted by atomic mass is 9.82. The third kappa shape index (κ3) is 13.4. The summed E-state index contributed by atoms with van der Waals surface area (Å²) in [6, 6.07) is 0. The average Bonchev–Trinajstić information content (AvgIpc) is 2.94. The predicted molar refractivity (Wildman–Crippen MR) is 173 cm³/mol. The molecule has 0 radical (unpaired) electrons. The molecule has 6 atom stereocenters. The number of rotatable bonds is 5. The summed E-state index contributed by atoms with van der Waals surface area (Å²) in [5, 5.41) is 13.8. The second-order valence-corrected chi connectivity index (χ2v) is 13.1. The van der Waals surface area contributed by atoms with E-state index in [0.717, 1.165) is 0 Å². The molecule has 0 saturated carbocycles. The van der Waals surface area contributed by atoms with Gasteiger partial charge in [0.1, 0.15) is 6.10 Å². The third-order valence-corrected chi connectivity index (χ3v) is 7.53. The van der Waals surface area contributed by atoms with E-state index in [1.807, 2.05) is 26.8 Å². The number of ether oxygens (including phenoxy) is 2. The fourth-order valence-electron chi connectivity index (χ4n) is 5.22. The summed E-state index contributed by atoms with van der Waals surface area (Å²) >= 11 is 0. The average molecular weight is 664 g/mol. The minimum Gasteiger partial charge on any atom is -0.748 e. The van der Waals surface area contributed by atoms with Gasteiger partial charge in [0.2, 0.25) is 5.78 Å². The SMILES string of the molecule is C=CCCC1=C2C[C@@H](C)C[C@H](OC)[C@H](O)[C@@H](C)/C=C(\C)[C@H](OC(N)=O)[C@@H](C)/C=C\C=C(/C)C(=O)NC(=CC1=O)C2=O.CS(=O)(=O)[O-]. The highest BCUT2D eigenvalue weighted by Gasteiger charge is 2.32. The standard InChI is InChI=1S/C32H44N2O7.CH4O3S/c1-8-9-13-23-24-14-18(2)15-27(40-7)28(36)21(5)16-22(6)30(41-32(33)39)19(3)11-10-12-20(4)31(38)34-25(29(24)37)17-26(23)35;1-5(2,3)4/h8,10-12,16-19,21,27-28,30,36H,1,9,13-15H2,2-7H3,(H2,33,39)(H,34,38);1H3,(H,2,3,4)/p-1/b11-10-,20-12+,22-16+;/t18-,19+,21+,27+,28-,30-;/m1./s1. The molecule has 2 rings (SSSR count). The lowest BCUT2D eigenvalue weighted by Gasteiger charge is -2.29. The molecule has 4 N–H and O–H groups in total. The first-order valence-electron chi connectivity index (χ1n) is 14.9. The Hall–Kier alpha value is -3.65. The lowest BCUT2D eigenvalue weighted by molar-refractivity contribution is -0.120. The number of Topliss-reactive ketones (excluding diaryl/α,β-unsaturated/α-hetero) is 1. The van der Waals surface area contributed by atoms with Crippen LogP contribution in [0, 0.1) is 17.8 Å². The van der Waals surface area contributed by atoms with Crippen LogP contribution in [0.25, 0.3) is 0 Å². The molecule has 1 heterocycles. The van der Waals surface area contributed by atoms with Gasteiger partial charge in [0.25, 0.3) is 5.91 Å². The van der Waals surface area contributed by atoms with Gasteiger partial charge < -0.3 is 30.2 Å². The maximum absolute atomic E-state index is 13.6. The number of nitrogens with two attached hydrogens (primary N) is 1. The lowest BCUT2D eigenvalue weighted by Crippen LogP contribution is -2.36. The van der Waals surface area contributed by atoms with Gasteiger partial charge in [0, 0.05) is 48.0 Å². The van der Waals surface area contributed by atoms with Crippen LogP contribution in [0.2, 0.25) is 0 Å². The number of hydrogen-bond acceptors (Lipinski definition) is 10. The summed E-state index contributed by atoms with van der Waals surface area (Å²) in [5.41, 5.74) is 7.05. The Morgan fingerprint density at radius 1 is 1.20 bits per heavy atom. The quantitative estimate of drug-likeness (QED) is 0.222. The first-order chi connectivity index (χ1) is 21.3. The predicted octanol–water partition coefficient (Wildman–Crippen LogP) is 3.55. The van der Waals surface area contributed by atoms with Crippen molar-refractivity contribution < 1.29 is 46.7 Å². The Morgan fingerprint density at radius 2 is 1.80 bits per heavy atom. The number of primary amides is 1. The Labute approximate surface area is 271 Å². The van der Waals surface area contributed by atoms with Gasteiger partial charge in [-0.3, -0.25) is 14.4 Å². The normalized spacial score (nSPS) is 29.9. The number of methoxy groups -OCH3 is 1. The first-order valence-corrected chi connectivity index (χ1v) is 16.7. The smallest absolute Gasteiger partial charge is 0.405 e. The molecule has 1 aliphatic heterocycles. The summed E-state index contributed by atoms with van der Waals surface area (Å²) in [7, 11) is -2.40. The van der Waals surface area contributed by atoms with Crippen molar-refractivity contribution in [3.8, 4) is 0 Å². The Bertz CT molecular complexity index is 1410. The van der Waals surface area contributed by atoms with Crippen LogP contribution in [0.3, 0.4) is 0 Å². The number of carbonyl (C=O) groups is 4. The van der Waals surface area contributed by atoms with E-state index in [9.17, 15) is 24.3 Å². The molecule has 2 aliphatic rings. The van der Waals surface area contributed by atoms with Crippen LogP contribution in [0.5, 0.6) is 0 Å². The summed E-state index contributed by atoms with van der Waals surface area (Å²) in [6.45, 7) is 12.7. The molecule has 0 unspecified atom stereocenters. The van der Waals surface area contributed by atoms with Crippen molar-refractivity contribution in [2.24, 2.45) is 23.5 Å². The number of nitrogens with one attached hydrogen (secondary N) is 1. The highest BCUT2D eigenvalue weighted by molar-refractivity contribution is 7.84. The molecule has 2 amide bonds. The zero-order valence-corrected chi connectivity index (χ0v) is 28.4. The van der Waals surface area contributed by atoms with Gasteiger partial charge in [0.05, 0.1) is 28.0 Å². The van der Waals surface area contributed by atoms with Gasteiger partial charge in [0.15, 0.2) is 5.78 Å². The maximum Gasteiger partial charge on any atom is 0.405 e. The number of carbonyl (C=O) groups excluding carboxylic acids is 4. The number of fused-ring (bicyclic) bond motifs is 2. The zero-order valence-electron chi connectivity index (χ0n) is 27.6. The van der Waals surface area contributed by atoms with E-state index in [-0.39, 0.29) is 35.7 Å². The number of amides is 2. The Balaban J connectivity index is 0.00000195. The molecule has 13 heteroatoms. The maximum atomic E-state index is 13.6. The van der Waals surface area contributed by atoms with E-state index in [2.05, 4.69) is 11.9 Å². The van der Waals surface area contributed by atoms with Crippen LogP contribution in [0.1, 0.15) is 60.3 Å². The summed E-state index contributed by atoms with van der Waals surface area (Å²) in [5.74, 6) is -2.08. The van der Waals surface area contributed by atoms with Crippen molar-refractivity contribution in [2.75, 3.05) is 13.4 Å². The van der Waals surface area contributed by atoms with E-state index in [4.69, 9.17) is 28.2 Å². The van der Waals surface area contributed by atoms with E-state index in [1.165, 1.54) is 13.2 Å². The van der Waals surface area contributed by atoms with Crippen LogP contribution >= 0.6 is 0 Å². The van der Waals surface area contributed by atoms with E-state index >= 15 is 0 Å². The summed E-state index contributed by atoms with van der Waals surface area (Å²) in [6.07, 6.45) is 8.75. The Kier molecular flexibility index (Phi) is 16.2. The Morgan fingerprint density at radius 3 is 2.35 bits per heavy atom. The zero-order chi connectivity index (χ0) is 35.4. The van der Waals surface area contributed by atoms with Gasteiger partial charge in [-0.1, -0.05) is 51.2 Å². The molecular formula is C33H47N2O10S-. The number of aliphatic hydroxyl groups is 1. The minimum atomic E-state index is -3.92. The van der Waals surface area contributed by atoms with Gasteiger partial charge >= 0.3 is 6.09 Å². The monoisotopic (exact) mass is 663 g/mol. The van der Waals surface area contributed by atoms with Crippen LogP contribution in [-0.4, -0.2) is 73.3 Å². The summed E-state index contributed by atoms with van der Waals surface area (Å²) in [4.78, 5) is 51.3. The number of hydrogen-bond donors (Lipinski definition) is 3. The highest BCUT2D eigenvalue weighted by atomic mass is 32.2. The molecular weight excluding hydrogens is 616 g/mol. The van der Waals surface area contributed by atoms with Crippen LogP contribution in [0.4, 0.5) is 4.79 Å². The van der Waals surface area contributed by atoms with E-state index in [1.54, 1.807) is 38.2 Å². The van der Waals surface area contributed by atoms with Gasteiger partial charge in [-0.15, -0.1) is 6.58 Å². The molecule has 46 heavy (non-hydrogen) atoms. The molecule has 0 fully saturated rings. The van der Waals surface area contributed by atoms with Crippen molar-refractivity contribution in [1.29, 1.82) is 0 Å². The van der Waals surface area contributed by atoms with Crippen LogP contribution < -0.4 is 11.1 Å². The molecule has 0 aromatic rings. The molecule has 0 aromatic heterocycles. The highest BCUT2D eigenvalue weighted by Crippen LogP contribution is 2.31. The fraction of sp³-hybridized carbons (Fsp3) is 0.515. The largest absolute Gasteiger partial charge is 0.748 e. The van der Waals surface area contributed by atoms with E-state index < -0.39 is 46.2 Å². The third-order valence-electron chi connectivity index (χ3n) is 7.53. The van der Waals surface area contributed by atoms with Gasteiger partial charge in [-0.05, 0) is 51.0 Å². The molecule has 0 aromatic carbocycles. The number of ketones is 2. The van der Waals surface area contributed by atoms with Crippen LogP contribution in [-0.2, 0) is 34.0 Å². The topological polar surface area (TPSA) is 202 Å². The second-order valence-electron chi connectivity index (χ2n) is 11.7. The van der Waals surface area contributed by atoms with Crippen molar-refractivity contribution in [3.63, 3.8) is 0 Å². The second kappa shape index (κ2) is 18.5. The fourth-order valence-corrected chi connectivity index (χ4v) is 5.22. The van der Waals surface area contributed by atoms with Crippen molar-refractivity contribution in [2.45, 2.75) is 78.6 Å². The molecule has 1 aliphatic carbocycles. The van der Waals surface area contributed by atoms with Gasteiger partial charge in [-0.25, -0.2) is 13.2 Å². The molecule has 0 saturated heterocycles. The first kappa shape index (κ1) is 40.4. The van der Waals surface area contributed by atoms with Crippen molar-refractivity contribution >= 4 is 33.7 Å². The molecule has 256 valence electrons. The molecule has 12 nitrogen and oxygen atoms in total. The summed E-state index contributed by atoms with van der Waals surface area (Å²) < 4.78 is 38.3. The molecule has 0 spiro atoms. The van der Waals surface area contributed by atoms with Crippen molar-refractivity contribution in [1.82, 2.24) is 5.32 Å². The molecule has 2 bridgehead atoms. The number of allylic oxidation sites excluding steroid dienone is 6. The van der Waals surface area contributed by atoms with Crippen molar-refractivity contribution in [3.05, 3.63) is 71.0 Å². The minimum absolute atomic E-state index is 0.0701.